The average Bonchev–Trinajstić information content (AvgIpc) is 3.35. The Hall–Kier alpha value is -3.26. The summed E-state index contributed by atoms with van der Waals surface area (Å²) >= 11 is 1.63. The molecule has 4 aromatic rings. The Kier molecular flexibility index (Phi) is 4.32. The SMILES string of the molecule is C=N/C=C\n1c(-c2cnn(C)c2)cnc1CNc1cc2cccnc2s1. The molecule has 0 aliphatic carbocycles. The Morgan fingerprint density at radius 3 is 3.04 bits per heavy atom. The standard InChI is InChI=1S/C18H17N7S/c1-19-6-7-25-15(14-9-23-24(2)12-14)10-21-16(25)11-22-17-8-13-4-3-5-20-18(13)26-17/h3-10,12,22H,1,11H2,2H3/b7-6-. The molecule has 0 fully saturated rings. The second-order valence-electron chi connectivity index (χ2n) is 5.68. The van der Waals surface area contributed by atoms with Gasteiger partial charge in [-0.3, -0.25) is 14.2 Å². The van der Waals surface area contributed by atoms with Gasteiger partial charge in [-0.25, -0.2) is 9.97 Å². The molecule has 130 valence electrons. The smallest absolute Gasteiger partial charge is 0.132 e. The summed E-state index contributed by atoms with van der Waals surface area (Å²) in [4.78, 5) is 13.8. The van der Waals surface area contributed by atoms with Crippen molar-refractivity contribution in [2.75, 3.05) is 5.32 Å². The third kappa shape index (κ3) is 3.14. The maximum Gasteiger partial charge on any atom is 0.132 e. The van der Waals surface area contributed by atoms with Crippen LogP contribution in [0.1, 0.15) is 5.82 Å². The fourth-order valence-corrected chi connectivity index (χ4v) is 3.60. The summed E-state index contributed by atoms with van der Waals surface area (Å²) in [5.41, 5.74) is 1.94. The van der Waals surface area contributed by atoms with Crippen LogP contribution in [0.25, 0.3) is 27.7 Å². The Labute approximate surface area is 154 Å². The van der Waals surface area contributed by atoms with E-state index in [-0.39, 0.29) is 0 Å². The van der Waals surface area contributed by atoms with Gasteiger partial charge in [0.25, 0.3) is 0 Å². The van der Waals surface area contributed by atoms with Gasteiger partial charge in [0.05, 0.1) is 29.6 Å². The molecular formula is C18H17N7S. The van der Waals surface area contributed by atoms with E-state index in [4.69, 9.17) is 0 Å². The number of rotatable bonds is 6. The molecule has 7 nitrogen and oxygen atoms in total. The number of aryl methyl sites for hydroxylation is 1. The first-order valence-corrected chi connectivity index (χ1v) is 8.82. The number of aliphatic imine (C=N–C) groups is 1. The van der Waals surface area contributed by atoms with Crippen molar-refractivity contribution in [2.45, 2.75) is 6.54 Å². The molecule has 0 aliphatic rings. The van der Waals surface area contributed by atoms with Crippen LogP contribution in [-0.2, 0) is 13.6 Å². The third-order valence-electron chi connectivity index (χ3n) is 3.91. The Morgan fingerprint density at radius 1 is 1.35 bits per heavy atom. The number of thiophene rings is 1. The van der Waals surface area contributed by atoms with E-state index in [9.17, 15) is 0 Å². The molecule has 0 aliphatic heterocycles. The molecule has 0 atom stereocenters. The summed E-state index contributed by atoms with van der Waals surface area (Å²) in [5, 5.41) is 9.86. The fourth-order valence-electron chi connectivity index (χ4n) is 2.70. The molecule has 0 saturated heterocycles. The number of hydrogen-bond acceptors (Lipinski definition) is 6. The molecule has 4 aromatic heterocycles. The number of aromatic nitrogens is 5. The first kappa shape index (κ1) is 16.2. The molecule has 26 heavy (non-hydrogen) atoms. The highest BCUT2D eigenvalue weighted by Gasteiger charge is 2.12. The van der Waals surface area contributed by atoms with Crippen molar-refractivity contribution in [1.82, 2.24) is 24.3 Å². The minimum Gasteiger partial charge on any atom is -0.370 e. The van der Waals surface area contributed by atoms with Crippen molar-refractivity contribution in [1.29, 1.82) is 0 Å². The van der Waals surface area contributed by atoms with Gasteiger partial charge < -0.3 is 5.32 Å². The number of nitrogens with one attached hydrogen (secondary N) is 1. The first-order valence-electron chi connectivity index (χ1n) is 8.00. The van der Waals surface area contributed by atoms with E-state index < -0.39 is 0 Å². The van der Waals surface area contributed by atoms with Gasteiger partial charge in [-0.05, 0) is 18.9 Å². The summed E-state index contributed by atoms with van der Waals surface area (Å²) in [6.45, 7) is 4.08. The third-order valence-corrected chi connectivity index (χ3v) is 4.93. The molecule has 0 amide bonds. The monoisotopic (exact) mass is 363 g/mol. The van der Waals surface area contributed by atoms with Crippen LogP contribution in [0.5, 0.6) is 0 Å². The summed E-state index contributed by atoms with van der Waals surface area (Å²) in [6, 6.07) is 6.10. The zero-order chi connectivity index (χ0) is 17.9. The Morgan fingerprint density at radius 2 is 2.27 bits per heavy atom. The predicted molar refractivity (Wildman–Crippen MR) is 106 cm³/mol. The number of fused-ring (bicyclic) bond motifs is 1. The number of anilines is 1. The van der Waals surface area contributed by atoms with E-state index in [0.717, 1.165) is 32.3 Å². The second kappa shape index (κ2) is 6.93. The quantitative estimate of drug-likeness (QED) is 0.531. The lowest BCUT2D eigenvalue weighted by Gasteiger charge is -2.07. The van der Waals surface area contributed by atoms with Gasteiger partial charge >= 0.3 is 0 Å². The van der Waals surface area contributed by atoms with Gasteiger partial charge in [-0.15, -0.1) is 0 Å². The van der Waals surface area contributed by atoms with Gasteiger partial charge in [0.2, 0.25) is 0 Å². The van der Waals surface area contributed by atoms with Gasteiger partial charge in [0.15, 0.2) is 0 Å². The summed E-state index contributed by atoms with van der Waals surface area (Å²) in [7, 11) is 1.89. The molecule has 0 spiro atoms. The zero-order valence-electron chi connectivity index (χ0n) is 14.2. The molecule has 0 radical (unpaired) electrons. The van der Waals surface area contributed by atoms with Crippen LogP contribution in [0.2, 0.25) is 0 Å². The van der Waals surface area contributed by atoms with Crippen LogP contribution in [-0.4, -0.2) is 31.0 Å². The molecular weight excluding hydrogens is 346 g/mol. The van der Waals surface area contributed by atoms with Crippen LogP contribution < -0.4 is 5.32 Å². The largest absolute Gasteiger partial charge is 0.370 e. The Bertz CT molecular complexity index is 1050. The predicted octanol–water partition coefficient (Wildman–Crippen LogP) is 3.63. The fraction of sp³-hybridized carbons (Fsp3) is 0.111. The number of hydrogen-bond donors (Lipinski definition) is 1. The van der Waals surface area contributed by atoms with Crippen LogP contribution in [0.3, 0.4) is 0 Å². The molecule has 0 aromatic carbocycles. The average molecular weight is 363 g/mol. The van der Waals surface area contributed by atoms with Crippen molar-refractivity contribution in [3.05, 3.63) is 55.0 Å². The van der Waals surface area contributed by atoms with Gasteiger partial charge in [-0.1, -0.05) is 17.4 Å². The highest BCUT2D eigenvalue weighted by atomic mass is 32.1. The van der Waals surface area contributed by atoms with Crippen LogP contribution in [0, 0.1) is 0 Å². The molecule has 1 N–H and O–H groups in total. The molecule has 0 saturated carbocycles. The maximum atomic E-state index is 4.56. The highest BCUT2D eigenvalue weighted by Crippen LogP contribution is 2.28. The van der Waals surface area contributed by atoms with Crippen molar-refractivity contribution in [2.24, 2.45) is 12.0 Å². The summed E-state index contributed by atoms with van der Waals surface area (Å²) in [5.74, 6) is 0.870. The summed E-state index contributed by atoms with van der Waals surface area (Å²) in [6.07, 6.45) is 10.9. The number of imidazole rings is 1. The minimum absolute atomic E-state index is 0.578. The van der Waals surface area contributed by atoms with Crippen molar-refractivity contribution in [3.8, 4) is 11.3 Å². The lowest BCUT2D eigenvalue weighted by Crippen LogP contribution is -2.05. The molecule has 0 unspecified atom stereocenters. The topological polar surface area (TPSA) is 72.9 Å². The molecule has 4 heterocycles. The maximum absolute atomic E-state index is 4.56. The van der Waals surface area contributed by atoms with E-state index >= 15 is 0 Å². The van der Waals surface area contributed by atoms with E-state index in [1.807, 2.05) is 48.7 Å². The van der Waals surface area contributed by atoms with E-state index in [0.29, 0.717) is 6.54 Å². The lowest BCUT2D eigenvalue weighted by atomic mass is 10.3. The molecule has 8 heteroatoms. The Balaban J connectivity index is 1.62. The highest BCUT2D eigenvalue weighted by molar-refractivity contribution is 7.22. The minimum atomic E-state index is 0.578. The summed E-state index contributed by atoms with van der Waals surface area (Å²) < 4.78 is 3.76. The van der Waals surface area contributed by atoms with Crippen LogP contribution in [0.15, 0.2) is 54.2 Å². The zero-order valence-corrected chi connectivity index (χ0v) is 15.0. The second-order valence-corrected chi connectivity index (χ2v) is 6.71. The van der Waals surface area contributed by atoms with Gasteiger partial charge in [-0.2, -0.15) is 5.10 Å². The van der Waals surface area contributed by atoms with Gasteiger partial charge in [0, 0.05) is 42.8 Å². The van der Waals surface area contributed by atoms with Crippen LogP contribution in [0.4, 0.5) is 5.00 Å². The normalized spacial score (nSPS) is 11.4. The molecule has 4 rings (SSSR count). The number of nitrogens with zero attached hydrogens (tertiary/aromatic N) is 6. The van der Waals surface area contributed by atoms with Crippen molar-refractivity contribution < 1.29 is 0 Å². The van der Waals surface area contributed by atoms with Crippen molar-refractivity contribution in [3.63, 3.8) is 0 Å². The molecule has 0 bridgehead atoms. The lowest BCUT2D eigenvalue weighted by molar-refractivity contribution is 0.768. The van der Waals surface area contributed by atoms with E-state index in [1.54, 1.807) is 22.2 Å². The first-order chi connectivity index (χ1) is 12.7. The number of pyridine rings is 1. The van der Waals surface area contributed by atoms with E-state index in [1.165, 1.54) is 0 Å². The van der Waals surface area contributed by atoms with Crippen molar-refractivity contribution >= 4 is 39.5 Å². The van der Waals surface area contributed by atoms with Gasteiger partial charge in [0.1, 0.15) is 10.7 Å². The van der Waals surface area contributed by atoms with Crippen LogP contribution >= 0.6 is 11.3 Å². The van der Waals surface area contributed by atoms with E-state index in [2.05, 4.69) is 44.2 Å².